The van der Waals surface area contributed by atoms with Crippen LogP contribution in [0.5, 0.6) is 5.75 Å². The van der Waals surface area contributed by atoms with Gasteiger partial charge in [0.15, 0.2) is 0 Å². The van der Waals surface area contributed by atoms with Crippen LogP contribution < -0.4 is 9.64 Å². The number of piperazine rings is 1. The van der Waals surface area contributed by atoms with Crippen molar-refractivity contribution >= 4 is 16.7 Å². The molecule has 0 atom stereocenters. The minimum Gasteiger partial charge on any atom is -0.496 e. The molecule has 2 aromatic rings. The summed E-state index contributed by atoms with van der Waals surface area (Å²) in [5, 5.41) is 1.02. The van der Waals surface area contributed by atoms with Gasteiger partial charge >= 0.3 is 0 Å². The lowest BCUT2D eigenvalue weighted by atomic mass is 9.99. The van der Waals surface area contributed by atoms with Gasteiger partial charge in [0.2, 0.25) is 0 Å². The summed E-state index contributed by atoms with van der Waals surface area (Å²) >= 11 is 0. The predicted molar refractivity (Wildman–Crippen MR) is 98.3 cm³/mol. The quantitative estimate of drug-likeness (QED) is 0.849. The topological polar surface area (TPSA) is 50.7 Å². The second-order valence-corrected chi connectivity index (χ2v) is 6.90. The van der Waals surface area contributed by atoms with Crippen molar-refractivity contribution in [3.8, 4) is 5.75 Å². The van der Waals surface area contributed by atoms with Gasteiger partial charge in [-0.2, -0.15) is 0 Å². The van der Waals surface area contributed by atoms with Gasteiger partial charge in [0, 0.05) is 45.9 Å². The van der Waals surface area contributed by atoms with Crippen molar-refractivity contribution in [2.24, 2.45) is 5.92 Å². The Morgan fingerprint density at radius 2 is 1.92 bits per heavy atom. The average Bonchev–Trinajstić information content (AvgIpc) is 2.68. The lowest BCUT2D eigenvalue weighted by molar-refractivity contribution is 0.0517. The minimum atomic E-state index is 0.792. The van der Waals surface area contributed by atoms with E-state index in [0.29, 0.717) is 0 Å². The van der Waals surface area contributed by atoms with Gasteiger partial charge in [0.25, 0.3) is 0 Å². The molecule has 2 saturated heterocycles. The molecule has 0 saturated carbocycles. The maximum absolute atomic E-state index is 5.55. The number of ether oxygens (including phenoxy) is 2. The molecule has 25 heavy (non-hydrogen) atoms. The molecule has 2 aliphatic heterocycles. The van der Waals surface area contributed by atoms with E-state index in [2.05, 4.69) is 19.8 Å². The first-order valence-electron chi connectivity index (χ1n) is 9.18. The molecule has 0 amide bonds. The van der Waals surface area contributed by atoms with E-state index >= 15 is 0 Å². The Kier molecular flexibility index (Phi) is 4.99. The first-order chi connectivity index (χ1) is 12.3. The van der Waals surface area contributed by atoms with Crippen LogP contribution >= 0.6 is 0 Å². The van der Waals surface area contributed by atoms with Gasteiger partial charge in [-0.25, -0.2) is 9.97 Å². The lowest BCUT2D eigenvalue weighted by Crippen LogP contribution is -2.48. The zero-order valence-electron chi connectivity index (χ0n) is 14.9. The third-order valence-electron chi connectivity index (χ3n) is 5.35. The molecule has 2 aliphatic rings. The van der Waals surface area contributed by atoms with Gasteiger partial charge in [-0.3, -0.25) is 4.90 Å². The summed E-state index contributed by atoms with van der Waals surface area (Å²) < 4.78 is 11.0. The van der Waals surface area contributed by atoms with Crippen molar-refractivity contribution in [3.63, 3.8) is 0 Å². The fourth-order valence-electron chi connectivity index (χ4n) is 3.91. The Morgan fingerprint density at radius 3 is 2.68 bits per heavy atom. The molecular weight excluding hydrogens is 316 g/mol. The highest BCUT2D eigenvalue weighted by atomic mass is 16.5. The van der Waals surface area contributed by atoms with Crippen molar-refractivity contribution in [2.45, 2.75) is 12.8 Å². The fraction of sp³-hybridized carbons (Fsp3) is 0.579. The molecule has 0 bridgehead atoms. The van der Waals surface area contributed by atoms with E-state index < -0.39 is 0 Å². The SMILES string of the molecule is COc1cccc2ncnc(N3CCN(CC4CCOCC4)CC3)c12. The Labute approximate surface area is 148 Å². The van der Waals surface area contributed by atoms with Crippen LogP contribution in [0.4, 0.5) is 5.82 Å². The highest BCUT2D eigenvalue weighted by molar-refractivity contribution is 5.94. The van der Waals surface area contributed by atoms with Crippen molar-refractivity contribution in [2.75, 3.05) is 57.9 Å². The van der Waals surface area contributed by atoms with Gasteiger partial charge < -0.3 is 14.4 Å². The molecule has 1 aromatic carbocycles. The van der Waals surface area contributed by atoms with Crippen LogP contribution in [0, 0.1) is 5.92 Å². The monoisotopic (exact) mass is 342 g/mol. The molecular formula is C19H26N4O2. The van der Waals surface area contributed by atoms with E-state index in [1.165, 1.54) is 19.4 Å². The van der Waals surface area contributed by atoms with Gasteiger partial charge in [-0.1, -0.05) is 6.07 Å². The lowest BCUT2D eigenvalue weighted by Gasteiger charge is -2.38. The molecule has 0 unspecified atom stereocenters. The van der Waals surface area contributed by atoms with E-state index in [9.17, 15) is 0 Å². The van der Waals surface area contributed by atoms with Crippen LogP contribution in [-0.2, 0) is 4.74 Å². The van der Waals surface area contributed by atoms with Crippen LogP contribution in [0.1, 0.15) is 12.8 Å². The maximum atomic E-state index is 5.55. The third kappa shape index (κ3) is 3.55. The van der Waals surface area contributed by atoms with E-state index in [-0.39, 0.29) is 0 Å². The second-order valence-electron chi connectivity index (χ2n) is 6.90. The summed E-state index contributed by atoms with van der Waals surface area (Å²) in [5.41, 5.74) is 0.939. The summed E-state index contributed by atoms with van der Waals surface area (Å²) in [7, 11) is 1.71. The summed E-state index contributed by atoms with van der Waals surface area (Å²) in [6, 6.07) is 5.98. The van der Waals surface area contributed by atoms with Crippen molar-refractivity contribution in [1.82, 2.24) is 14.9 Å². The Balaban J connectivity index is 1.46. The summed E-state index contributed by atoms with van der Waals surface area (Å²) in [4.78, 5) is 13.9. The van der Waals surface area contributed by atoms with E-state index in [4.69, 9.17) is 9.47 Å². The van der Waals surface area contributed by atoms with Crippen LogP contribution in [0.25, 0.3) is 10.9 Å². The zero-order valence-corrected chi connectivity index (χ0v) is 14.9. The van der Waals surface area contributed by atoms with Crippen LogP contribution in [0.15, 0.2) is 24.5 Å². The van der Waals surface area contributed by atoms with E-state index in [1.807, 2.05) is 18.2 Å². The molecule has 6 nitrogen and oxygen atoms in total. The molecule has 1 aromatic heterocycles. The normalized spacial score (nSPS) is 20.1. The number of aromatic nitrogens is 2. The standard InChI is InChI=1S/C19H26N4O2/c1-24-17-4-2-3-16-18(17)19(21-14-20-16)23-9-7-22(8-10-23)13-15-5-11-25-12-6-15/h2-4,14-15H,5-13H2,1H3. The van der Waals surface area contributed by atoms with Crippen molar-refractivity contribution in [1.29, 1.82) is 0 Å². The molecule has 6 heteroatoms. The number of benzene rings is 1. The Bertz CT molecular complexity index is 704. The fourth-order valence-corrected chi connectivity index (χ4v) is 3.91. The molecule has 134 valence electrons. The predicted octanol–water partition coefficient (Wildman–Crippen LogP) is 2.19. The van der Waals surface area contributed by atoms with E-state index in [0.717, 1.165) is 67.8 Å². The minimum absolute atomic E-state index is 0.792. The van der Waals surface area contributed by atoms with Crippen LogP contribution in [-0.4, -0.2) is 67.9 Å². The van der Waals surface area contributed by atoms with Crippen molar-refractivity contribution in [3.05, 3.63) is 24.5 Å². The molecule has 3 heterocycles. The highest BCUT2D eigenvalue weighted by Gasteiger charge is 2.24. The Hall–Kier alpha value is -1.92. The first-order valence-corrected chi connectivity index (χ1v) is 9.18. The van der Waals surface area contributed by atoms with Gasteiger partial charge in [0.1, 0.15) is 17.9 Å². The summed E-state index contributed by atoms with van der Waals surface area (Å²) in [6.07, 6.45) is 4.06. The molecule has 4 rings (SSSR count). The molecule has 0 aliphatic carbocycles. The maximum Gasteiger partial charge on any atom is 0.143 e. The van der Waals surface area contributed by atoms with Crippen LogP contribution in [0.3, 0.4) is 0 Å². The second kappa shape index (κ2) is 7.54. The zero-order chi connectivity index (χ0) is 17.1. The number of hydrogen-bond acceptors (Lipinski definition) is 6. The van der Waals surface area contributed by atoms with Gasteiger partial charge in [-0.05, 0) is 30.9 Å². The summed E-state index contributed by atoms with van der Waals surface area (Å²) in [5.74, 6) is 2.63. The van der Waals surface area contributed by atoms with Gasteiger partial charge in [-0.15, -0.1) is 0 Å². The molecule has 0 radical (unpaired) electrons. The largest absolute Gasteiger partial charge is 0.496 e. The smallest absolute Gasteiger partial charge is 0.143 e. The van der Waals surface area contributed by atoms with Crippen LogP contribution in [0.2, 0.25) is 0 Å². The van der Waals surface area contributed by atoms with Crippen molar-refractivity contribution < 1.29 is 9.47 Å². The number of methoxy groups -OCH3 is 1. The number of nitrogens with zero attached hydrogens (tertiary/aromatic N) is 4. The van der Waals surface area contributed by atoms with E-state index in [1.54, 1.807) is 13.4 Å². The Morgan fingerprint density at radius 1 is 1.12 bits per heavy atom. The number of rotatable bonds is 4. The molecule has 0 spiro atoms. The molecule has 2 fully saturated rings. The molecule has 0 N–H and O–H groups in total. The number of fused-ring (bicyclic) bond motifs is 1. The first kappa shape index (κ1) is 16.5. The highest BCUT2D eigenvalue weighted by Crippen LogP contribution is 2.32. The average molecular weight is 342 g/mol. The summed E-state index contributed by atoms with van der Waals surface area (Å²) in [6.45, 7) is 7.20. The van der Waals surface area contributed by atoms with Gasteiger partial charge in [0.05, 0.1) is 18.0 Å². The third-order valence-corrected chi connectivity index (χ3v) is 5.35. The number of anilines is 1. The number of hydrogen-bond donors (Lipinski definition) is 0.